The van der Waals surface area contributed by atoms with E-state index < -0.39 is 0 Å². The van der Waals surface area contributed by atoms with Crippen molar-refractivity contribution >= 4 is 5.91 Å². The van der Waals surface area contributed by atoms with Gasteiger partial charge in [-0.25, -0.2) is 0 Å². The second-order valence-corrected chi connectivity index (χ2v) is 5.34. The Hall–Kier alpha value is -0.610. The third-order valence-electron chi connectivity index (χ3n) is 3.93. The molecule has 0 unspecified atom stereocenters. The fourth-order valence-electron chi connectivity index (χ4n) is 2.66. The predicted molar refractivity (Wildman–Crippen MR) is 66.8 cm³/mol. The van der Waals surface area contributed by atoms with E-state index in [1.807, 2.05) is 0 Å². The van der Waals surface area contributed by atoms with E-state index >= 15 is 0 Å². The maximum Gasteiger partial charge on any atom is 0.225 e. The molecule has 0 N–H and O–H groups in total. The summed E-state index contributed by atoms with van der Waals surface area (Å²) in [5.74, 6) is 0.575. The van der Waals surface area contributed by atoms with Gasteiger partial charge in [-0.1, -0.05) is 0 Å². The molecule has 0 aromatic heterocycles. The lowest BCUT2D eigenvalue weighted by Crippen LogP contribution is -2.52. The molecule has 2 aliphatic heterocycles. The van der Waals surface area contributed by atoms with Crippen molar-refractivity contribution < 1.29 is 9.53 Å². The third kappa shape index (κ3) is 3.19. The molecule has 4 heteroatoms. The normalized spacial score (nSPS) is 24.3. The van der Waals surface area contributed by atoms with Gasteiger partial charge < -0.3 is 9.64 Å². The molecule has 0 aliphatic carbocycles. The maximum atomic E-state index is 12.3. The smallest absolute Gasteiger partial charge is 0.225 e. The van der Waals surface area contributed by atoms with Crippen molar-refractivity contribution in [3.05, 3.63) is 0 Å². The average molecular weight is 240 g/mol. The minimum Gasteiger partial charge on any atom is -0.381 e. The van der Waals surface area contributed by atoms with Gasteiger partial charge >= 0.3 is 0 Å². The van der Waals surface area contributed by atoms with Crippen LogP contribution in [0.1, 0.15) is 26.7 Å². The van der Waals surface area contributed by atoms with Gasteiger partial charge in [-0.15, -0.1) is 0 Å². The van der Waals surface area contributed by atoms with E-state index in [2.05, 4.69) is 23.6 Å². The van der Waals surface area contributed by atoms with Gasteiger partial charge in [-0.05, 0) is 26.7 Å². The molecule has 2 rings (SSSR count). The Labute approximate surface area is 104 Å². The standard InChI is InChI=1S/C13H24N2O2/c1-11(2)14-5-7-15(8-6-14)13(16)12-3-9-17-10-4-12/h11-12H,3-10H2,1-2H3. The van der Waals surface area contributed by atoms with Crippen molar-refractivity contribution in [1.29, 1.82) is 0 Å². The van der Waals surface area contributed by atoms with Crippen LogP contribution in [-0.4, -0.2) is 61.1 Å². The molecular formula is C13H24N2O2. The van der Waals surface area contributed by atoms with Crippen LogP contribution >= 0.6 is 0 Å². The van der Waals surface area contributed by atoms with Crippen molar-refractivity contribution in [3.8, 4) is 0 Å². The molecule has 2 fully saturated rings. The van der Waals surface area contributed by atoms with E-state index in [1.165, 1.54) is 0 Å². The molecular weight excluding hydrogens is 216 g/mol. The van der Waals surface area contributed by atoms with Crippen LogP contribution in [0.3, 0.4) is 0 Å². The second-order valence-electron chi connectivity index (χ2n) is 5.34. The summed E-state index contributed by atoms with van der Waals surface area (Å²) in [6.45, 7) is 9.78. The van der Waals surface area contributed by atoms with Crippen molar-refractivity contribution in [3.63, 3.8) is 0 Å². The topological polar surface area (TPSA) is 32.8 Å². The molecule has 0 atom stereocenters. The van der Waals surface area contributed by atoms with Crippen LogP contribution in [0, 0.1) is 5.92 Å². The number of ether oxygens (including phenoxy) is 1. The zero-order valence-electron chi connectivity index (χ0n) is 11.0. The average Bonchev–Trinajstić information content (AvgIpc) is 2.39. The van der Waals surface area contributed by atoms with Crippen molar-refractivity contribution in [2.24, 2.45) is 5.92 Å². The SMILES string of the molecule is CC(C)N1CCN(C(=O)C2CCOCC2)CC1. The largest absolute Gasteiger partial charge is 0.381 e. The van der Waals surface area contributed by atoms with Crippen LogP contribution in [-0.2, 0) is 9.53 Å². The van der Waals surface area contributed by atoms with Gasteiger partial charge in [0.1, 0.15) is 0 Å². The summed E-state index contributed by atoms with van der Waals surface area (Å²) in [6.07, 6.45) is 1.81. The van der Waals surface area contributed by atoms with Crippen LogP contribution in [0.15, 0.2) is 0 Å². The summed E-state index contributed by atoms with van der Waals surface area (Å²) in [5, 5.41) is 0. The number of carbonyl (C=O) groups excluding carboxylic acids is 1. The number of amides is 1. The summed E-state index contributed by atoms with van der Waals surface area (Å²) in [4.78, 5) is 16.8. The minimum atomic E-state index is 0.217. The van der Waals surface area contributed by atoms with Crippen LogP contribution in [0.2, 0.25) is 0 Å². The molecule has 17 heavy (non-hydrogen) atoms. The van der Waals surface area contributed by atoms with E-state index in [0.29, 0.717) is 11.9 Å². The Morgan fingerprint density at radius 1 is 1.12 bits per heavy atom. The van der Waals surface area contributed by atoms with E-state index in [-0.39, 0.29) is 5.92 Å². The molecule has 0 radical (unpaired) electrons. The Morgan fingerprint density at radius 3 is 2.24 bits per heavy atom. The van der Waals surface area contributed by atoms with Crippen LogP contribution < -0.4 is 0 Å². The highest BCUT2D eigenvalue weighted by atomic mass is 16.5. The highest BCUT2D eigenvalue weighted by Gasteiger charge is 2.29. The molecule has 98 valence electrons. The lowest BCUT2D eigenvalue weighted by molar-refractivity contribution is -0.140. The quantitative estimate of drug-likeness (QED) is 0.721. The zero-order chi connectivity index (χ0) is 12.3. The van der Waals surface area contributed by atoms with Crippen LogP contribution in [0.5, 0.6) is 0 Å². The third-order valence-corrected chi connectivity index (χ3v) is 3.93. The zero-order valence-corrected chi connectivity index (χ0v) is 11.0. The highest BCUT2D eigenvalue weighted by Crippen LogP contribution is 2.18. The van der Waals surface area contributed by atoms with Crippen LogP contribution in [0.25, 0.3) is 0 Å². The first-order chi connectivity index (χ1) is 8.18. The Kier molecular flexibility index (Phi) is 4.40. The highest BCUT2D eigenvalue weighted by molar-refractivity contribution is 5.79. The van der Waals surface area contributed by atoms with Gasteiger partial charge in [-0.2, -0.15) is 0 Å². The number of nitrogens with zero attached hydrogens (tertiary/aromatic N) is 2. The first kappa shape index (κ1) is 12.8. The molecule has 2 heterocycles. The summed E-state index contributed by atoms with van der Waals surface area (Å²) >= 11 is 0. The van der Waals surface area contributed by atoms with Gasteiger partial charge in [0.25, 0.3) is 0 Å². The van der Waals surface area contributed by atoms with E-state index in [4.69, 9.17) is 4.74 Å². The maximum absolute atomic E-state index is 12.3. The monoisotopic (exact) mass is 240 g/mol. The molecule has 1 amide bonds. The number of rotatable bonds is 2. The number of hydrogen-bond acceptors (Lipinski definition) is 3. The Bertz CT molecular complexity index is 254. The fourth-order valence-corrected chi connectivity index (χ4v) is 2.66. The summed E-state index contributed by atoms with van der Waals surface area (Å²) in [7, 11) is 0. The van der Waals surface area contributed by atoms with E-state index in [9.17, 15) is 4.79 Å². The molecule has 0 aromatic rings. The Balaban J connectivity index is 1.81. The van der Waals surface area contributed by atoms with Gasteiger partial charge in [0.05, 0.1) is 0 Å². The van der Waals surface area contributed by atoms with Gasteiger partial charge in [0.15, 0.2) is 0 Å². The molecule has 0 aromatic carbocycles. The predicted octanol–water partition coefficient (Wildman–Crippen LogP) is 0.966. The van der Waals surface area contributed by atoms with Crippen molar-refractivity contribution in [2.75, 3.05) is 39.4 Å². The van der Waals surface area contributed by atoms with E-state index in [1.54, 1.807) is 0 Å². The molecule has 0 bridgehead atoms. The van der Waals surface area contributed by atoms with Crippen molar-refractivity contribution in [2.45, 2.75) is 32.7 Å². The first-order valence-corrected chi connectivity index (χ1v) is 6.79. The second kappa shape index (κ2) is 5.83. The summed E-state index contributed by atoms with van der Waals surface area (Å²) < 4.78 is 5.31. The molecule has 4 nitrogen and oxygen atoms in total. The Morgan fingerprint density at radius 2 is 1.71 bits per heavy atom. The van der Waals surface area contributed by atoms with Gasteiger partial charge in [0, 0.05) is 51.4 Å². The summed E-state index contributed by atoms with van der Waals surface area (Å²) in [6, 6.07) is 0.593. The van der Waals surface area contributed by atoms with Crippen LogP contribution in [0.4, 0.5) is 0 Å². The molecule has 0 saturated carbocycles. The van der Waals surface area contributed by atoms with Gasteiger partial charge in [0.2, 0.25) is 5.91 Å². The molecule has 0 spiro atoms. The number of piperazine rings is 1. The lowest BCUT2D eigenvalue weighted by Gasteiger charge is -2.38. The number of hydrogen-bond donors (Lipinski definition) is 0. The van der Waals surface area contributed by atoms with Crippen molar-refractivity contribution in [1.82, 2.24) is 9.80 Å². The molecule has 2 saturated heterocycles. The lowest BCUT2D eigenvalue weighted by atomic mass is 9.98. The van der Waals surface area contributed by atoms with E-state index in [0.717, 1.165) is 52.2 Å². The fraction of sp³-hybridized carbons (Fsp3) is 0.923. The minimum absolute atomic E-state index is 0.217. The number of carbonyl (C=O) groups is 1. The van der Waals surface area contributed by atoms with Gasteiger partial charge in [-0.3, -0.25) is 9.69 Å². The summed E-state index contributed by atoms with van der Waals surface area (Å²) in [5.41, 5.74) is 0. The molecule has 2 aliphatic rings. The first-order valence-electron chi connectivity index (χ1n) is 6.79.